The Morgan fingerprint density at radius 1 is 0.440 bits per heavy atom. The second-order valence-electron chi connectivity index (χ2n) is 12.0. The van der Waals surface area contributed by atoms with E-state index in [-0.39, 0.29) is 0 Å². The zero-order valence-corrected chi connectivity index (χ0v) is 33.4. The van der Waals surface area contributed by atoms with Crippen LogP contribution in [0, 0.1) is 55.4 Å². The van der Waals surface area contributed by atoms with Crippen LogP contribution in [0.3, 0.4) is 0 Å². The van der Waals surface area contributed by atoms with Gasteiger partial charge in [0.05, 0.1) is 55.0 Å². The molecular formula is C35H31N9S6. The lowest BCUT2D eigenvalue weighted by molar-refractivity contribution is 1.19. The highest BCUT2D eigenvalue weighted by molar-refractivity contribution is 7.27. The summed E-state index contributed by atoms with van der Waals surface area (Å²) < 4.78 is 33.5. The first-order valence-corrected chi connectivity index (χ1v) is 20.2. The van der Waals surface area contributed by atoms with Crippen LogP contribution < -0.4 is 0 Å². The van der Waals surface area contributed by atoms with Crippen molar-refractivity contribution in [3.05, 3.63) is 85.9 Å². The molecule has 50 heavy (non-hydrogen) atoms. The fourth-order valence-corrected chi connectivity index (χ4v) is 10.3. The van der Waals surface area contributed by atoms with E-state index in [0.717, 1.165) is 49.9 Å². The fourth-order valence-electron chi connectivity index (χ4n) is 5.49. The Morgan fingerprint density at radius 2 is 0.880 bits per heavy atom. The van der Waals surface area contributed by atoms with Crippen molar-refractivity contribution in [1.82, 2.24) is 40.8 Å². The van der Waals surface area contributed by atoms with Crippen molar-refractivity contribution in [2.45, 2.75) is 55.4 Å². The number of pyridine rings is 1. The van der Waals surface area contributed by atoms with Gasteiger partial charge in [-0.25, -0.2) is 0 Å². The third-order valence-corrected chi connectivity index (χ3v) is 12.9. The Bertz CT molecular complexity index is 2420. The van der Waals surface area contributed by atoms with Crippen LogP contribution in [0.1, 0.15) is 43.3 Å². The molecule has 3 aromatic carbocycles. The Morgan fingerprint density at radius 3 is 1.38 bits per heavy atom. The number of fused-ring (bicyclic) bond motifs is 9. The van der Waals surface area contributed by atoms with Gasteiger partial charge in [0.2, 0.25) is 0 Å². The van der Waals surface area contributed by atoms with Crippen LogP contribution in [-0.4, -0.2) is 40.8 Å². The normalized spacial score (nSPS) is 11.2. The molecule has 0 saturated carbocycles. The molecular weight excluding hydrogens is 739 g/mol. The van der Waals surface area contributed by atoms with E-state index in [0.29, 0.717) is 0 Å². The molecule has 0 atom stereocenters. The molecule has 7 aromatic heterocycles. The summed E-state index contributed by atoms with van der Waals surface area (Å²) in [6.07, 6.45) is 1.83. The van der Waals surface area contributed by atoms with Crippen LogP contribution in [-0.2, 0) is 0 Å². The van der Waals surface area contributed by atoms with Crippen molar-refractivity contribution in [3.63, 3.8) is 0 Å². The van der Waals surface area contributed by atoms with Gasteiger partial charge in [-0.1, -0.05) is 28.8 Å². The number of hydrogen-bond donors (Lipinski definition) is 0. The first-order chi connectivity index (χ1) is 24.1. The Labute approximate surface area is 312 Å². The summed E-state index contributed by atoms with van der Waals surface area (Å²) in [6.45, 7) is 16.5. The lowest BCUT2D eigenvalue weighted by atomic mass is 10.1. The van der Waals surface area contributed by atoms with Crippen LogP contribution in [0.4, 0.5) is 0 Å². The zero-order chi connectivity index (χ0) is 35.1. The third kappa shape index (κ3) is 6.61. The number of benzene rings is 3. The molecule has 0 amide bonds. The minimum atomic E-state index is 0.940. The molecule has 252 valence electrons. The molecule has 0 bridgehead atoms. The molecule has 0 aliphatic carbocycles. The van der Waals surface area contributed by atoms with Crippen molar-refractivity contribution >= 4 is 133 Å². The van der Waals surface area contributed by atoms with E-state index in [1.54, 1.807) is 0 Å². The molecule has 10 rings (SSSR count). The van der Waals surface area contributed by atoms with Crippen molar-refractivity contribution in [1.29, 1.82) is 0 Å². The smallest absolute Gasteiger partial charge is 0.126 e. The van der Waals surface area contributed by atoms with E-state index in [1.807, 2.05) is 42.7 Å². The molecule has 0 spiro atoms. The summed E-state index contributed by atoms with van der Waals surface area (Å²) >= 11 is 9.02. The maximum Gasteiger partial charge on any atom is 0.126 e. The number of thiophene rings is 2. The van der Waals surface area contributed by atoms with Gasteiger partial charge in [-0.2, -0.15) is 26.2 Å². The van der Waals surface area contributed by atoms with Gasteiger partial charge in [-0.05, 0) is 107 Å². The predicted molar refractivity (Wildman–Crippen MR) is 216 cm³/mol. The topological polar surface area (TPSA) is 116 Å². The standard InChI is InChI=1S/C12H8N2S3.2C8H8N2S.C7H7N3S/c1-5-3-7-9-10(14-17-13-9)8-4-6(2)16-12(8)11(7)15-5;1-5-3-4-6(2)8-7(5)9-10-11-8;1-5-3-4-6(2)8-7(5)9-11-10-8;1-4-3-8-5(2)7-6(4)9-11-10-7/h3-4H,1-2H3;2*3-4H,1-2H3;3H,1-2H3. The van der Waals surface area contributed by atoms with E-state index in [2.05, 4.69) is 119 Å². The Kier molecular flexibility index (Phi) is 9.87. The van der Waals surface area contributed by atoms with Crippen LogP contribution >= 0.6 is 69.4 Å². The SMILES string of the molecule is Cc1cc2c3nsnc3c3cc(C)sc3c2s1.Cc1ccc(C)c2nsnc12.Cc1ccc(C)c2snnc12.Cc1cnc(C)c2nsnc12. The first kappa shape index (κ1) is 34.5. The average molecular weight is 770 g/mol. The summed E-state index contributed by atoms with van der Waals surface area (Å²) in [4.78, 5) is 6.86. The summed E-state index contributed by atoms with van der Waals surface area (Å²) in [5, 5.41) is 6.59. The average Bonchev–Trinajstić information content (AvgIpc) is 3.94. The molecule has 0 unspecified atom stereocenters. The van der Waals surface area contributed by atoms with Crippen molar-refractivity contribution < 1.29 is 0 Å². The minimum Gasteiger partial charge on any atom is -0.259 e. The highest BCUT2D eigenvalue weighted by Gasteiger charge is 2.16. The van der Waals surface area contributed by atoms with Crippen molar-refractivity contribution in [2.75, 3.05) is 0 Å². The van der Waals surface area contributed by atoms with Crippen molar-refractivity contribution in [2.24, 2.45) is 0 Å². The van der Waals surface area contributed by atoms with Gasteiger partial charge in [0.1, 0.15) is 38.6 Å². The monoisotopic (exact) mass is 769 g/mol. The molecule has 0 aliphatic rings. The van der Waals surface area contributed by atoms with Crippen molar-refractivity contribution in [3.8, 4) is 0 Å². The number of aromatic nitrogens is 9. The largest absolute Gasteiger partial charge is 0.259 e. The van der Waals surface area contributed by atoms with E-state index in [1.165, 1.54) is 104 Å². The molecule has 0 radical (unpaired) electrons. The number of aryl methyl sites for hydroxylation is 8. The molecule has 9 nitrogen and oxygen atoms in total. The number of hydrogen-bond acceptors (Lipinski definition) is 15. The molecule has 0 saturated heterocycles. The summed E-state index contributed by atoms with van der Waals surface area (Å²) in [6, 6.07) is 12.8. The van der Waals surface area contributed by atoms with Crippen LogP contribution in [0.15, 0.2) is 42.6 Å². The number of rotatable bonds is 0. The highest BCUT2D eigenvalue weighted by Crippen LogP contribution is 2.42. The lowest BCUT2D eigenvalue weighted by Crippen LogP contribution is -1.85. The predicted octanol–water partition coefficient (Wildman–Crippen LogP) is 11.1. The van der Waals surface area contributed by atoms with Crippen LogP contribution in [0.5, 0.6) is 0 Å². The van der Waals surface area contributed by atoms with E-state index >= 15 is 0 Å². The van der Waals surface area contributed by atoms with Gasteiger partial charge < -0.3 is 0 Å². The fraction of sp³-hybridized carbons (Fsp3) is 0.229. The first-order valence-electron chi connectivity index (χ1n) is 15.6. The van der Waals surface area contributed by atoms with E-state index in [9.17, 15) is 0 Å². The van der Waals surface area contributed by atoms with Crippen LogP contribution in [0.25, 0.3) is 63.5 Å². The molecule has 15 heteroatoms. The van der Waals surface area contributed by atoms with Gasteiger partial charge in [0, 0.05) is 26.7 Å². The molecule has 10 aromatic rings. The summed E-state index contributed by atoms with van der Waals surface area (Å²) in [7, 11) is 0. The van der Waals surface area contributed by atoms with Gasteiger partial charge in [-0.3, -0.25) is 4.98 Å². The van der Waals surface area contributed by atoms with Gasteiger partial charge in [0.15, 0.2) is 0 Å². The third-order valence-electron chi connectivity index (χ3n) is 8.19. The maximum atomic E-state index is 4.46. The molecule has 0 N–H and O–H groups in total. The summed E-state index contributed by atoms with van der Waals surface area (Å²) in [5.41, 5.74) is 14.2. The van der Waals surface area contributed by atoms with Gasteiger partial charge in [-0.15, -0.1) is 27.8 Å². The second kappa shape index (κ2) is 14.3. The zero-order valence-electron chi connectivity index (χ0n) is 28.5. The van der Waals surface area contributed by atoms with E-state index in [4.69, 9.17) is 0 Å². The molecule has 7 heterocycles. The van der Waals surface area contributed by atoms with Gasteiger partial charge in [0.25, 0.3) is 0 Å². The summed E-state index contributed by atoms with van der Waals surface area (Å²) in [5.74, 6) is 0. The quantitative estimate of drug-likeness (QED) is 0.149. The van der Waals surface area contributed by atoms with Gasteiger partial charge >= 0.3 is 0 Å². The minimum absolute atomic E-state index is 0.940. The van der Waals surface area contributed by atoms with E-state index < -0.39 is 0 Å². The Balaban J connectivity index is 0.000000107. The lowest BCUT2D eigenvalue weighted by Gasteiger charge is -1.94. The second-order valence-corrected chi connectivity index (χ2v) is 16.8. The Hall–Kier alpha value is -3.99. The highest BCUT2D eigenvalue weighted by atomic mass is 32.1. The molecule has 0 aliphatic heterocycles. The maximum absolute atomic E-state index is 4.46. The van der Waals surface area contributed by atoms with Crippen LogP contribution in [0.2, 0.25) is 0 Å². The number of nitrogens with zero attached hydrogens (tertiary/aromatic N) is 9. The molecule has 0 fully saturated rings.